The van der Waals surface area contributed by atoms with E-state index in [1.54, 1.807) is 5.01 Å². The molecule has 0 unspecified atom stereocenters. The average Bonchev–Trinajstić information content (AvgIpc) is 2.03. The second kappa shape index (κ2) is 7.51. The van der Waals surface area contributed by atoms with Crippen molar-refractivity contribution >= 4 is 0 Å². The topological polar surface area (TPSA) is 32.7 Å². The maximum absolute atomic E-state index is 10.2. The number of hydrogen-bond donors (Lipinski definition) is 0. The van der Waals surface area contributed by atoms with Gasteiger partial charge in [0.15, 0.2) is 0 Å². The summed E-state index contributed by atoms with van der Waals surface area (Å²) in [6.45, 7) is 5.83. The van der Waals surface area contributed by atoms with Gasteiger partial charge in [-0.15, -0.1) is 4.91 Å². The second-order valence-corrected chi connectivity index (χ2v) is 2.74. The van der Waals surface area contributed by atoms with E-state index in [0.717, 1.165) is 25.9 Å². The lowest BCUT2D eigenvalue weighted by atomic mass is 10.2. The van der Waals surface area contributed by atoms with E-state index >= 15 is 0 Å². The van der Waals surface area contributed by atoms with Gasteiger partial charge in [-0.1, -0.05) is 26.7 Å². The molecule has 0 bridgehead atoms. The van der Waals surface area contributed by atoms with Gasteiger partial charge in [-0.3, -0.25) is 5.01 Å². The van der Waals surface area contributed by atoms with Crippen molar-refractivity contribution in [2.24, 2.45) is 5.29 Å². The summed E-state index contributed by atoms with van der Waals surface area (Å²) in [5.41, 5.74) is 0. The summed E-state index contributed by atoms with van der Waals surface area (Å²) >= 11 is 0. The van der Waals surface area contributed by atoms with Crippen LogP contribution < -0.4 is 0 Å². The number of nitrogens with zero attached hydrogens (tertiary/aromatic N) is 2. The van der Waals surface area contributed by atoms with E-state index < -0.39 is 0 Å². The van der Waals surface area contributed by atoms with Gasteiger partial charge in [-0.05, 0) is 12.8 Å². The molecule has 0 aliphatic carbocycles. The maximum Gasteiger partial charge on any atom is 0.0523 e. The Balaban J connectivity index is 3.28. The molecule has 66 valence electrons. The van der Waals surface area contributed by atoms with Crippen molar-refractivity contribution in [3.63, 3.8) is 0 Å². The smallest absolute Gasteiger partial charge is 0.0523 e. The third-order valence-electron chi connectivity index (χ3n) is 1.62. The van der Waals surface area contributed by atoms with E-state index in [-0.39, 0.29) is 0 Å². The minimum Gasteiger partial charge on any atom is -0.261 e. The molecule has 3 nitrogen and oxygen atoms in total. The van der Waals surface area contributed by atoms with Crippen LogP contribution in [0.25, 0.3) is 0 Å². The van der Waals surface area contributed by atoms with E-state index in [2.05, 4.69) is 19.1 Å². The number of nitroso groups, excluding NO2 is 1. The van der Waals surface area contributed by atoms with E-state index in [4.69, 9.17) is 0 Å². The lowest BCUT2D eigenvalue weighted by Gasteiger charge is -2.12. The summed E-state index contributed by atoms with van der Waals surface area (Å²) in [5.74, 6) is 0. The highest BCUT2D eigenvalue weighted by atomic mass is 16.3. The lowest BCUT2D eigenvalue weighted by molar-refractivity contribution is 0.278. The third kappa shape index (κ3) is 5.83. The highest BCUT2D eigenvalue weighted by molar-refractivity contribution is 4.50. The number of rotatable bonds is 7. The molecule has 3 heteroatoms. The molecule has 0 aromatic heterocycles. The average molecular weight is 158 g/mol. The Hall–Kier alpha value is -0.600. The van der Waals surface area contributed by atoms with Crippen LogP contribution in [0.15, 0.2) is 5.29 Å². The Kier molecular flexibility index (Phi) is 7.10. The summed E-state index contributed by atoms with van der Waals surface area (Å²) < 4.78 is 0. The van der Waals surface area contributed by atoms with E-state index in [9.17, 15) is 4.91 Å². The molecule has 0 atom stereocenters. The Labute approximate surface area is 68.7 Å². The summed E-state index contributed by atoms with van der Waals surface area (Å²) in [7, 11) is 0. The van der Waals surface area contributed by atoms with Gasteiger partial charge in [0.05, 0.1) is 5.29 Å². The largest absolute Gasteiger partial charge is 0.261 e. The van der Waals surface area contributed by atoms with Crippen molar-refractivity contribution in [1.82, 2.24) is 5.01 Å². The maximum atomic E-state index is 10.2. The molecule has 0 saturated heterocycles. The Bertz CT molecular complexity index is 96.1. The normalized spacial score (nSPS) is 9.64. The van der Waals surface area contributed by atoms with Gasteiger partial charge < -0.3 is 0 Å². The molecule has 0 aromatic rings. The van der Waals surface area contributed by atoms with Crippen LogP contribution in [0.5, 0.6) is 0 Å². The van der Waals surface area contributed by atoms with Gasteiger partial charge in [0.2, 0.25) is 0 Å². The molecule has 0 spiro atoms. The van der Waals surface area contributed by atoms with Crippen molar-refractivity contribution < 1.29 is 0 Å². The predicted molar refractivity (Wildman–Crippen MR) is 47.2 cm³/mol. The molecule has 0 aliphatic heterocycles. The predicted octanol–water partition coefficient (Wildman–Crippen LogP) is 2.57. The molecule has 0 N–H and O–H groups in total. The summed E-state index contributed by atoms with van der Waals surface area (Å²) in [5, 5.41) is 4.54. The van der Waals surface area contributed by atoms with Crippen molar-refractivity contribution in [3.05, 3.63) is 4.91 Å². The third-order valence-corrected chi connectivity index (χ3v) is 1.62. The number of unbranched alkanes of at least 4 members (excludes halogenated alkanes) is 2. The first-order chi connectivity index (χ1) is 5.35. The minimum absolute atomic E-state index is 0.799. The Morgan fingerprint density at radius 2 is 1.82 bits per heavy atom. The first-order valence-corrected chi connectivity index (χ1v) is 4.43. The fourth-order valence-corrected chi connectivity index (χ4v) is 0.996. The van der Waals surface area contributed by atoms with Crippen molar-refractivity contribution in [3.8, 4) is 0 Å². The van der Waals surface area contributed by atoms with Crippen molar-refractivity contribution in [2.75, 3.05) is 13.1 Å². The van der Waals surface area contributed by atoms with Gasteiger partial charge in [-0.25, -0.2) is 0 Å². The monoisotopic (exact) mass is 158 g/mol. The zero-order valence-corrected chi connectivity index (χ0v) is 7.55. The first-order valence-electron chi connectivity index (χ1n) is 4.43. The molecule has 0 radical (unpaired) electrons. The highest BCUT2D eigenvalue weighted by Crippen LogP contribution is 1.99. The molecule has 0 aliphatic rings. The number of hydrogen-bond acceptors (Lipinski definition) is 2. The summed E-state index contributed by atoms with van der Waals surface area (Å²) in [4.78, 5) is 10.2. The van der Waals surface area contributed by atoms with Gasteiger partial charge in [-0.2, -0.15) is 0 Å². The molecule has 0 heterocycles. The van der Waals surface area contributed by atoms with Gasteiger partial charge >= 0.3 is 0 Å². The van der Waals surface area contributed by atoms with Crippen molar-refractivity contribution in [2.45, 2.75) is 39.5 Å². The quantitative estimate of drug-likeness (QED) is 0.324. The highest BCUT2D eigenvalue weighted by Gasteiger charge is 1.98. The van der Waals surface area contributed by atoms with E-state index in [1.807, 2.05) is 0 Å². The van der Waals surface area contributed by atoms with E-state index in [0.29, 0.717) is 0 Å². The van der Waals surface area contributed by atoms with Crippen LogP contribution in [0, 0.1) is 4.91 Å². The van der Waals surface area contributed by atoms with Gasteiger partial charge in [0.1, 0.15) is 0 Å². The molecular weight excluding hydrogens is 140 g/mol. The summed E-state index contributed by atoms with van der Waals surface area (Å²) in [6.07, 6.45) is 4.47. The fourth-order valence-electron chi connectivity index (χ4n) is 0.996. The molecular formula is C8H18N2O. The molecule has 0 rings (SSSR count). The first kappa shape index (κ1) is 10.4. The molecule has 0 saturated carbocycles. The van der Waals surface area contributed by atoms with Crippen LogP contribution in [-0.2, 0) is 0 Å². The van der Waals surface area contributed by atoms with Crippen LogP contribution in [0.2, 0.25) is 0 Å². The van der Waals surface area contributed by atoms with Crippen LogP contribution in [0.1, 0.15) is 39.5 Å². The fraction of sp³-hybridized carbons (Fsp3) is 1.00. The molecule has 11 heavy (non-hydrogen) atoms. The van der Waals surface area contributed by atoms with Crippen LogP contribution in [0.4, 0.5) is 0 Å². The molecule has 0 amide bonds. The standard InChI is InChI=1S/C8H18N2O/c1-3-5-6-8-10(9-11)7-4-2/h3-8H2,1-2H3. The van der Waals surface area contributed by atoms with Crippen LogP contribution in [0.3, 0.4) is 0 Å². The Morgan fingerprint density at radius 3 is 2.27 bits per heavy atom. The van der Waals surface area contributed by atoms with Gasteiger partial charge in [0, 0.05) is 13.1 Å². The van der Waals surface area contributed by atoms with Crippen molar-refractivity contribution in [1.29, 1.82) is 0 Å². The minimum atomic E-state index is 0.799. The van der Waals surface area contributed by atoms with Gasteiger partial charge in [0.25, 0.3) is 0 Å². The SMILES string of the molecule is CCCCCN(CCC)N=O. The molecule has 0 fully saturated rings. The van der Waals surface area contributed by atoms with Crippen LogP contribution in [-0.4, -0.2) is 18.1 Å². The van der Waals surface area contributed by atoms with E-state index in [1.165, 1.54) is 12.8 Å². The zero-order valence-electron chi connectivity index (χ0n) is 7.55. The molecule has 0 aromatic carbocycles. The second-order valence-electron chi connectivity index (χ2n) is 2.74. The zero-order chi connectivity index (χ0) is 8.53. The summed E-state index contributed by atoms with van der Waals surface area (Å²) in [6, 6.07) is 0. The lowest BCUT2D eigenvalue weighted by Crippen LogP contribution is -2.18. The Morgan fingerprint density at radius 1 is 1.09 bits per heavy atom. The van der Waals surface area contributed by atoms with Crippen LogP contribution >= 0.6 is 0 Å².